The average Bonchev–Trinajstić information content (AvgIpc) is 2.61. The predicted molar refractivity (Wildman–Crippen MR) is 91.2 cm³/mol. The average molecular weight is 362 g/mol. The molecule has 0 unspecified atom stereocenters. The van der Waals surface area contributed by atoms with Crippen LogP contribution in [-0.4, -0.2) is 24.2 Å². The maximum Gasteiger partial charge on any atom is 0.471 e. The van der Waals surface area contributed by atoms with Gasteiger partial charge in [-0.1, -0.05) is 6.07 Å². The standard InChI is InChI=1S/C18H13F3N2O3/c1-26-11-7-5-10(6-8-11)14-9-15(24)12-3-2-4-13(16(12)22-14)23-17(25)18(19,20)21/h2-9H,1H3,(H,22,24)(H,23,25). The number of nitrogens with one attached hydrogen (secondary N) is 2. The van der Waals surface area contributed by atoms with Crippen molar-refractivity contribution < 1.29 is 22.7 Å². The second-order valence-corrected chi connectivity index (χ2v) is 5.46. The third kappa shape index (κ3) is 3.39. The Morgan fingerprint density at radius 2 is 1.81 bits per heavy atom. The maximum absolute atomic E-state index is 12.5. The topological polar surface area (TPSA) is 71.2 Å². The lowest BCUT2D eigenvalue weighted by Gasteiger charge is -2.12. The van der Waals surface area contributed by atoms with Crippen molar-refractivity contribution in [2.45, 2.75) is 6.18 Å². The predicted octanol–water partition coefficient (Wildman–Crippen LogP) is 3.70. The molecule has 134 valence electrons. The Bertz CT molecular complexity index is 1020. The molecule has 1 aromatic heterocycles. The minimum absolute atomic E-state index is 0.114. The lowest BCUT2D eigenvalue weighted by atomic mass is 10.1. The van der Waals surface area contributed by atoms with E-state index in [0.717, 1.165) is 0 Å². The van der Waals surface area contributed by atoms with E-state index in [1.165, 1.54) is 31.4 Å². The summed E-state index contributed by atoms with van der Waals surface area (Å²) in [4.78, 5) is 26.5. The first-order valence-corrected chi connectivity index (χ1v) is 7.48. The highest BCUT2D eigenvalue weighted by Crippen LogP contribution is 2.26. The van der Waals surface area contributed by atoms with Gasteiger partial charge in [-0.05, 0) is 42.0 Å². The molecule has 2 aromatic carbocycles. The minimum atomic E-state index is -5.03. The number of pyridine rings is 1. The molecule has 0 bridgehead atoms. The van der Waals surface area contributed by atoms with Gasteiger partial charge in [0.25, 0.3) is 0 Å². The van der Waals surface area contributed by atoms with E-state index >= 15 is 0 Å². The summed E-state index contributed by atoms with van der Waals surface area (Å²) < 4.78 is 42.7. The molecular weight excluding hydrogens is 349 g/mol. The number of anilines is 1. The summed E-state index contributed by atoms with van der Waals surface area (Å²) in [5, 5.41) is 1.96. The number of H-pyrrole nitrogens is 1. The molecular formula is C18H13F3N2O3. The fourth-order valence-electron chi connectivity index (χ4n) is 2.50. The van der Waals surface area contributed by atoms with Crippen LogP contribution in [0.4, 0.5) is 18.9 Å². The summed E-state index contributed by atoms with van der Waals surface area (Å²) in [5.41, 5.74) is 0.647. The van der Waals surface area contributed by atoms with E-state index in [9.17, 15) is 22.8 Å². The Labute approximate surface area is 145 Å². The molecule has 2 N–H and O–H groups in total. The number of alkyl halides is 3. The van der Waals surface area contributed by atoms with Crippen LogP contribution >= 0.6 is 0 Å². The summed E-state index contributed by atoms with van der Waals surface area (Å²) >= 11 is 0. The smallest absolute Gasteiger partial charge is 0.471 e. The Kier molecular flexibility index (Phi) is 4.41. The lowest BCUT2D eigenvalue weighted by Crippen LogP contribution is -2.30. The van der Waals surface area contributed by atoms with Crippen molar-refractivity contribution >= 4 is 22.5 Å². The van der Waals surface area contributed by atoms with Crippen molar-refractivity contribution in [2.75, 3.05) is 12.4 Å². The first kappa shape index (κ1) is 17.5. The quantitative estimate of drug-likeness (QED) is 0.746. The number of rotatable bonds is 3. The van der Waals surface area contributed by atoms with Gasteiger partial charge in [0.2, 0.25) is 0 Å². The number of ether oxygens (including phenoxy) is 1. The SMILES string of the molecule is COc1ccc(-c2cc(=O)c3cccc(NC(=O)C(F)(F)F)c3[nH]2)cc1. The molecule has 0 saturated carbocycles. The third-order valence-corrected chi connectivity index (χ3v) is 3.77. The van der Waals surface area contributed by atoms with Gasteiger partial charge in [-0.15, -0.1) is 0 Å². The Morgan fingerprint density at radius 3 is 2.42 bits per heavy atom. The summed E-state index contributed by atoms with van der Waals surface area (Å²) in [7, 11) is 1.52. The molecule has 26 heavy (non-hydrogen) atoms. The van der Waals surface area contributed by atoms with E-state index in [1.54, 1.807) is 29.6 Å². The summed E-state index contributed by atoms with van der Waals surface area (Å²) in [6, 6.07) is 12.3. The van der Waals surface area contributed by atoms with Gasteiger partial charge in [-0.2, -0.15) is 13.2 Å². The largest absolute Gasteiger partial charge is 0.497 e. The van der Waals surface area contributed by atoms with E-state index in [4.69, 9.17) is 4.74 Å². The number of carbonyl (C=O) groups is 1. The molecule has 0 fully saturated rings. The monoisotopic (exact) mass is 362 g/mol. The van der Waals surface area contributed by atoms with E-state index in [1.807, 2.05) is 0 Å². The zero-order valence-electron chi connectivity index (χ0n) is 13.5. The number of halogens is 3. The van der Waals surface area contributed by atoms with Crippen LogP contribution in [0.1, 0.15) is 0 Å². The Balaban J connectivity index is 2.12. The number of amides is 1. The molecule has 8 heteroatoms. The van der Waals surface area contributed by atoms with Gasteiger partial charge < -0.3 is 15.0 Å². The van der Waals surface area contributed by atoms with Gasteiger partial charge in [0, 0.05) is 17.1 Å². The second-order valence-electron chi connectivity index (χ2n) is 5.46. The van der Waals surface area contributed by atoms with Crippen LogP contribution in [0.3, 0.4) is 0 Å². The van der Waals surface area contributed by atoms with Crippen molar-refractivity contribution in [3.05, 3.63) is 58.8 Å². The van der Waals surface area contributed by atoms with Gasteiger partial charge in [-0.3, -0.25) is 9.59 Å². The number of hydrogen-bond acceptors (Lipinski definition) is 3. The van der Waals surface area contributed by atoms with Gasteiger partial charge in [0.05, 0.1) is 18.3 Å². The first-order chi connectivity index (χ1) is 12.3. The maximum atomic E-state index is 12.5. The fraction of sp³-hybridized carbons (Fsp3) is 0.111. The molecule has 0 atom stereocenters. The van der Waals surface area contributed by atoms with Crippen molar-refractivity contribution in [3.63, 3.8) is 0 Å². The number of aromatic amines is 1. The molecule has 3 aromatic rings. The summed E-state index contributed by atoms with van der Waals surface area (Å²) in [5.74, 6) is -1.49. The van der Waals surface area contributed by atoms with Gasteiger partial charge in [0.1, 0.15) is 5.75 Å². The molecule has 0 aliphatic rings. The van der Waals surface area contributed by atoms with E-state index in [0.29, 0.717) is 17.0 Å². The number of carbonyl (C=O) groups excluding carboxylic acids is 1. The van der Waals surface area contributed by atoms with E-state index in [2.05, 4.69) is 4.98 Å². The van der Waals surface area contributed by atoms with Crippen LogP contribution in [0.5, 0.6) is 5.75 Å². The normalized spacial score (nSPS) is 11.4. The Morgan fingerprint density at radius 1 is 1.12 bits per heavy atom. The zero-order chi connectivity index (χ0) is 18.9. The third-order valence-electron chi connectivity index (χ3n) is 3.77. The fourth-order valence-corrected chi connectivity index (χ4v) is 2.50. The summed E-state index contributed by atoms with van der Waals surface area (Å²) in [6.07, 6.45) is -5.03. The molecule has 0 aliphatic carbocycles. The second kappa shape index (κ2) is 6.55. The molecule has 1 amide bonds. The van der Waals surface area contributed by atoms with E-state index < -0.39 is 12.1 Å². The number of methoxy groups -OCH3 is 1. The highest BCUT2D eigenvalue weighted by molar-refractivity contribution is 6.02. The van der Waals surface area contributed by atoms with Crippen LogP contribution in [0.2, 0.25) is 0 Å². The molecule has 0 radical (unpaired) electrons. The van der Waals surface area contributed by atoms with Crippen LogP contribution < -0.4 is 15.5 Å². The first-order valence-electron chi connectivity index (χ1n) is 7.48. The highest BCUT2D eigenvalue weighted by Gasteiger charge is 2.38. The number of fused-ring (bicyclic) bond motifs is 1. The highest BCUT2D eigenvalue weighted by atomic mass is 19.4. The molecule has 0 spiro atoms. The minimum Gasteiger partial charge on any atom is -0.497 e. The van der Waals surface area contributed by atoms with Crippen LogP contribution in [0.25, 0.3) is 22.2 Å². The van der Waals surface area contributed by atoms with Crippen molar-refractivity contribution in [3.8, 4) is 17.0 Å². The molecule has 0 aliphatic heterocycles. The van der Waals surface area contributed by atoms with Gasteiger partial charge in [-0.25, -0.2) is 0 Å². The van der Waals surface area contributed by atoms with Crippen molar-refractivity contribution in [2.24, 2.45) is 0 Å². The van der Waals surface area contributed by atoms with Crippen molar-refractivity contribution in [1.82, 2.24) is 4.98 Å². The molecule has 5 nitrogen and oxygen atoms in total. The van der Waals surface area contributed by atoms with Crippen molar-refractivity contribution in [1.29, 1.82) is 0 Å². The number of benzene rings is 2. The van der Waals surface area contributed by atoms with Crippen LogP contribution in [0.15, 0.2) is 53.3 Å². The zero-order valence-corrected chi connectivity index (χ0v) is 13.5. The van der Waals surface area contributed by atoms with Crippen LogP contribution in [-0.2, 0) is 4.79 Å². The van der Waals surface area contributed by atoms with E-state index in [-0.39, 0.29) is 22.0 Å². The number of aromatic nitrogens is 1. The lowest BCUT2D eigenvalue weighted by molar-refractivity contribution is -0.167. The van der Waals surface area contributed by atoms with Gasteiger partial charge >= 0.3 is 12.1 Å². The molecule has 0 saturated heterocycles. The molecule has 3 rings (SSSR count). The van der Waals surface area contributed by atoms with Gasteiger partial charge in [0.15, 0.2) is 5.43 Å². The summed E-state index contributed by atoms with van der Waals surface area (Å²) in [6.45, 7) is 0. The number of hydrogen-bond donors (Lipinski definition) is 2. The Hall–Kier alpha value is -3.29. The number of para-hydroxylation sites is 1. The molecule has 1 heterocycles. The van der Waals surface area contributed by atoms with Crippen LogP contribution in [0, 0.1) is 0 Å².